The standard InChI is InChI=1S/C9H12O2S/c1-6(2)8(9(10)11)7-3-4-12-5-7/h3-6,8H,1-2H3,(H,10,11). The highest BCUT2D eigenvalue weighted by Gasteiger charge is 2.23. The van der Waals surface area contributed by atoms with Crippen molar-refractivity contribution in [3.8, 4) is 0 Å². The summed E-state index contributed by atoms with van der Waals surface area (Å²) >= 11 is 1.54. The largest absolute Gasteiger partial charge is 0.481 e. The molecule has 2 nitrogen and oxygen atoms in total. The summed E-state index contributed by atoms with van der Waals surface area (Å²) in [7, 11) is 0. The molecule has 1 aromatic rings. The van der Waals surface area contributed by atoms with Crippen LogP contribution in [0, 0.1) is 5.92 Å². The summed E-state index contributed by atoms with van der Waals surface area (Å²) < 4.78 is 0. The van der Waals surface area contributed by atoms with Crippen LogP contribution in [0.2, 0.25) is 0 Å². The fourth-order valence-electron chi connectivity index (χ4n) is 1.26. The molecule has 0 spiro atoms. The number of carboxylic acids is 1. The number of rotatable bonds is 3. The molecule has 1 atom stereocenters. The van der Waals surface area contributed by atoms with E-state index in [4.69, 9.17) is 5.11 Å². The first kappa shape index (κ1) is 9.26. The summed E-state index contributed by atoms with van der Waals surface area (Å²) in [5.41, 5.74) is 0.919. The summed E-state index contributed by atoms with van der Waals surface area (Å²) in [6, 6.07) is 1.88. The Hall–Kier alpha value is -0.830. The van der Waals surface area contributed by atoms with E-state index < -0.39 is 5.97 Å². The first-order chi connectivity index (χ1) is 5.63. The lowest BCUT2D eigenvalue weighted by atomic mass is 9.91. The molecule has 0 aliphatic heterocycles. The summed E-state index contributed by atoms with van der Waals surface area (Å²) in [6.07, 6.45) is 0. The maximum Gasteiger partial charge on any atom is 0.311 e. The van der Waals surface area contributed by atoms with E-state index >= 15 is 0 Å². The molecule has 0 fully saturated rings. The molecular formula is C9H12O2S. The van der Waals surface area contributed by atoms with Crippen LogP contribution in [0.1, 0.15) is 25.3 Å². The molecule has 0 amide bonds. The number of carboxylic acid groups (broad SMARTS) is 1. The predicted molar refractivity (Wildman–Crippen MR) is 49.5 cm³/mol. The van der Waals surface area contributed by atoms with E-state index in [0.717, 1.165) is 5.56 Å². The predicted octanol–water partition coefficient (Wildman–Crippen LogP) is 2.57. The topological polar surface area (TPSA) is 37.3 Å². The van der Waals surface area contributed by atoms with Crippen LogP contribution in [-0.2, 0) is 4.79 Å². The Morgan fingerprint density at radius 3 is 2.58 bits per heavy atom. The molecule has 0 saturated heterocycles. The van der Waals surface area contributed by atoms with Crippen molar-refractivity contribution in [3.05, 3.63) is 22.4 Å². The van der Waals surface area contributed by atoms with Crippen LogP contribution in [0.3, 0.4) is 0 Å². The molecular weight excluding hydrogens is 172 g/mol. The Morgan fingerprint density at radius 2 is 2.25 bits per heavy atom. The minimum atomic E-state index is -0.733. The van der Waals surface area contributed by atoms with Gasteiger partial charge in [0.1, 0.15) is 0 Å². The van der Waals surface area contributed by atoms with Crippen molar-refractivity contribution < 1.29 is 9.90 Å². The van der Waals surface area contributed by atoms with Crippen molar-refractivity contribution in [2.45, 2.75) is 19.8 Å². The third-order valence-corrected chi connectivity index (χ3v) is 2.54. The Kier molecular flexibility index (Phi) is 2.87. The average molecular weight is 184 g/mol. The van der Waals surface area contributed by atoms with E-state index in [9.17, 15) is 4.79 Å². The second-order valence-corrected chi connectivity index (χ2v) is 3.90. The zero-order valence-corrected chi connectivity index (χ0v) is 7.97. The molecule has 1 unspecified atom stereocenters. The third-order valence-electron chi connectivity index (χ3n) is 1.84. The molecule has 1 aromatic heterocycles. The first-order valence-electron chi connectivity index (χ1n) is 3.88. The van der Waals surface area contributed by atoms with Crippen LogP contribution in [0.15, 0.2) is 16.8 Å². The van der Waals surface area contributed by atoms with Gasteiger partial charge in [0.2, 0.25) is 0 Å². The minimum Gasteiger partial charge on any atom is -0.481 e. The average Bonchev–Trinajstić information content (AvgIpc) is 2.37. The van der Waals surface area contributed by atoms with Crippen LogP contribution in [-0.4, -0.2) is 11.1 Å². The SMILES string of the molecule is CC(C)C(C(=O)O)c1ccsc1. The lowest BCUT2D eigenvalue weighted by molar-refractivity contribution is -0.139. The van der Waals surface area contributed by atoms with E-state index in [1.54, 1.807) is 0 Å². The van der Waals surface area contributed by atoms with Gasteiger partial charge in [0.05, 0.1) is 5.92 Å². The van der Waals surface area contributed by atoms with Crippen molar-refractivity contribution in [1.82, 2.24) is 0 Å². The number of hydrogen-bond acceptors (Lipinski definition) is 2. The van der Waals surface area contributed by atoms with E-state index in [0.29, 0.717) is 0 Å². The highest BCUT2D eigenvalue weighted by molar-refractivity contribution is 7.08. The molecule has 0 radical (unpaired) electrons. The molecule has 0 aliphatic carbocycles. The lowest BCUT2D eigenvalue weighted by Gasteiger charge is -2.14. The smallest absolute Gasteiger partial charge is 0.311 e. The van der Waals surface area contributed by atoms with Crippen molar-refractivity contribution in [1.29, 1.82) is 0 Å². The van der Waals surface area contributed by atoms with Gasteiger partial charge in [-0.25, -0.2) is 0 Å². The van der Waals surface area contributed by atoms with Gasteiger partial charge in [0.15, 0.2) is 0 Å². The minimum absolute atomic E-state index is 0.150. The summed E-state index contributed by atoms with van der Waals surface area (Å²) in [5.74, 6) is -0.934. The Bertz CT molecular complexity index is 252. The second kappa shape index (κ2) is 3.72. The molecule has 0 aromatic carbocycles. The van der Waals surface area contributed by atoms with Crippen LogP contribution in [0.5, 0.6) is 0 Å². The molecule has 0 saturated carbocycles. The van der Waals surface area contributed by atoms with Gasteiger partial charge in [-0.2, -0.15) is 11.3 Å². The zero-order valence-electron chi connectivity index (χ0n) is 7.15. The van der Waals surface area contributed by atoms with Gasteiger partial charge in [-0.15, -0.1) is 0 Å². The second-order valence-electron chi connectivity index (χ2n) is 3.12. The molecule has 1 N–H and O–H groups in total. The zero-order chi connectivity index (χ0) is 9.14. The molecule has 1 rings (SSSR count). The van der Waals surface area contributed by atoms with Crippen molar-refractivity contribution >= 4 is 17.3 Å². The van der Waals surface area contributed by atoms with E-state index in [-0.39, 0.29) is 11.8 Å². The van der Waals surface area contributed by atoms with Crippen molar-refractivity contribution in [2.24, 2.45) is 5.92 Å². The summed E-state index contributed by atoms with van der Waals surface area (Å²) in [5, 5.41) is 12.7. The van der Waals surface area contributed by atoms with Gasteiger partial charge >= 0.3 is 5.97 Å². The molecule has 0 aliphatic rings. The maximum atomic E-state index is 10.8. The van der Waals surface area contributed by atoms with Crippen molar-refractivity contribution in [3.63, 3.8) is 0 Å². The fraction of sp³-hybridized carbons (Fsp3) is 0.444. The molecule has 3 heteroatoms. The normalized spacial score (nSPS) is 13.2. The van der Waals surface area contributed by atoms with Crippen LogP contribution >= 0.6 is 11.3 Å². The van der Waals surface area contributed by atoms with E-state index in [1.807, 2.05) is 30.7 Å². The fourth-order valence-corrected chi connectivity index (χ4v) is 1.96. The maximum absolute atomic E-state index is 10.8. The Balaban J connectivity index is 2.88. The first-order valence-corrected chi connectivity index (χ1v) is 4.82. The highest BCUT2D eigenvalue weighted by Crippen LogP contribution is 2.26. The van der Waals surface area contributed by atoms with E-state index in [1.165, 1.54) is 11.3 Å². The number of thiophene rings is 1. The Morgan fingerprint density at radius 1 is 1.58 bits per heavy atom. The number of hydrogen-bond donors (Lipinski definition) is 1. The van der Waals surface area contributed by atoms with Crippen molar-refractivity contribution in [2.75, 3.05) is 0 Å². The molecule has 1 heterocycles. The van der Waals surface area contributed by atoms with Crippen LogP contribution in [0.25, 0.3) is 0 Å². The monoisotopic (exact) mass is 184 g/mol. The molecule has 0 bridgehead atoms. The van der Waals surface area contributed by atoms with Gasteiger partial charge in [-0.3, -0.25) is 4.79 Å². The third kappa shape index (κ3) is 1.85. The summed E-state index contributed by atoms with van der Waals surface area (Å²) in [6.45, 7) is 3.85. The number of aliphatic carboxylic acids is 1. The molecule has 66 valence electrons. The van der Waals surface area contributed by atoms with Gasteiger partial charge < -0.3 is 5.11 Å². The molecule has 12 heavy (non-hydrogen) atoms. The Labute approximate surface area is 75.9 Å². The van der Waals surface area contributed by atoms with E-state index in [2.05, 4.69) is 0 Å². The van der Waals surface area contributed by atoms with Gasteiger partial charge in [-0.05, 0) is 28.3 Å². The highest BCUT2D eigenvalue weighted by atomic mass is 32.1. The number of carbonyl (C=O) groups is 1. The van der Waals surface area contributed by atoms with Gasteiger partial charge in [0.25, 0.3) is 0 Å². The summed E-state index contributed by atoms with van der Waals surface area (Å²) in [4.78, 5) is 10.8. The quantitative estimate of drug-likeness (QED) is 0.784. The van der Waals surface area contributed by atoms with Crippen LogP contribution in [0.4, 0.5) is 0 Å². The lowest BCUT2D eigenvalue weighted by Crippen LogP contribution is -2.16. The van der Waals surface area contributed by atoms with Crippen LogP contribution < -0.4 is 0 Å². The van der Waals surface area contributed by atoms with Gasteiger partial charge in [0, 0.05) is 0 Å². The van der Waals surface area contributed by atoms with Gasteiger partial charge in [-0.1, -0.05) is 13.8 Å².